The lowest BCUT2D eigenvalue weighted by Gasteiger charge is -2.26. The first-order valence-electron chi connectivity index (χ1n) is 9.96. The molecule has 0 spiro atoms. The van der Waals surface area contributed by atoms with E-state index in [1.807, 2.05) is 30.3 Å². The Morgan fingerprint density at radius 2 is 1.83 bits per heavy atom. The fourth-order valence-electron chi connectivity index (χ4n) is 3.55. The molecule has 1 aromatic carbocycles. The minimum absolute atomic E-state index is 0.313. The number of hydrogen-bond acceptors (Lipinski definition) is 6. The molecule has 0 bridgehead atoms. The first-order chi connectivity index (χ1) is 14.2. The van der Waals surface area contributed by atoms with E-state index in [0.29, 0.717) is 35.3 Å². The highest BCUT2D eigenvalue weighted by Gasteiger charge is 2.19. The molecule has 4 rings (SSSR count). The van der Waals surface area contributed by atoms with Crippen molar-refractivity contribution in [2.75, 3.05) is 10.6 Å². The van der Waals surface area contributed by atoms with E-state index in [9.17, 15) is 0 Å². The van der Waals surface area contributed by atoms with Gasteiger partial charge in [0, 0.05) is 30.4 Å². The first-order valence-corrected chi connectivity index (χ1v) is 10.3. The number of aromatic nitrogens is 3. The smallest absolute Gasteiger partial charge is 0.223 e. The standard InChI is InChI=1S/C22H25ClN6/c23-19-14-27-22(28-18-8-6-17(24)7-9-18)29-21(19)16-10-11-25-20(12-16)26-13-15-4-2-1-3-5-15/h1-5,10-12,14,17-18H,6-9,13,24H2,(H,25,26)(H,27,28,29). The number of halogens is 1. The summed E-state index contributed by atoms with van der Waals surface area (Å²) in [7, 11) is 0. The average Bonchev–Trinajstić information content (AvgIpc) is 2.76. The number of nitrogens with two attached hydrogens (primary N) is 1. The van der Waals surface area contributed by atoms with Gasteiger partial charge >= 0.3 is 0 Å². The molecular formula is C22H25ClN6. The maximum atomic E-state index is 6.41. The zero-order valence-electron chi connectivity index (χ0n) is 16.2. The van der Waals surface area contributed by atoms with Crippen LogP contribution in [0, 0.1) is 0 Å². The molecule has 2 heterocycles. The van der Waals surface area contributed by atoms with E-state index >= 15 is 0 Å². The van der Waals surface area contributed by atoms with Crippen LogP contribution in [0.5, 0.6) is 0 Å². The summed E-state index contributed by atoms with van der Waals surface area (Å²) < 4.78 is 0. The van der Waals surface area contributed by atoms with Crippen molar-refractivity contribution in [3.8, 4) is 11.3 Å². The molecule has 2 aromatic heterocycles. The Kier molecular flexibility index (Phi) is 6.22. The number of hydrogen-bond donors (Lipinski definition) is 3. The molecule has 29 heavy (non-hydrogen) atoms. The van der Waals surface area contributed by atoms with Crippen LogP contribution < -0.4 is 16.4 Å². The van der Waals surface area contributed by atoms with Gasteiger partial charge in [0.1, 0.15) is 5.82 Å². The molecular weight excluding hydrogens is 384 g/mol. The SMILES string of the molecule is NC1CCC(Nc2ncc(Cl)c(-c3ccnc(NCc4ccccc4)c3)n2)CC1. The third-order valence-electron chi connectivity index (χ3n) is 5.20. The van der Waals surface area contributed by atoms with Gasteiger partial charge in [-0.15, -0.1) is 0 Å². The summed E-state index contributed by atoms with van der Waals surface area (Å²) in [4.78, 5) is 13.4. The highest BCUT2D eigenvalue weighted by molar-refractivity contribution is 6.32. The number of pyridine rings is 1. The molecule has 1 fully saturated rings. The van der Waals surface area contributed by atoms with Crippen LogP contribution >= 0.6 is 11.6 Å². The van der Waals surface area contributed by atoms with Crippen molar-refractivity contribution in [3.63, 3.8) is 0 Å². The van der Waals surface area contributed by atoms with Crippen LogP contribution in [0.4, 0.5) is 11.8 Å². The lowest BCUT2D eigenvalue weighted by molar-refractivity contribution is 0.410. The van der Waals surface area contributed by atoms with Crippen molar-refractivity contribution < 1.29 is 0 Å². The van der Waals surface area contributed by atoms with Crippen LogP contribution in [0.1, 0.15) is 31.2 Å². The molecule has 7 heteroatoms. The summed E-state index contributed by atoms with van der Waals surface area (Å²) in [6, 6.07) is 14.7. The quantitative estimate of drug-likeness (QED) is 0.557. The molecule has 1 saturated carbocycles. The molecule has 6 nitrogen and oxygen atoms in total. The zero-order valence-corrected chi connectivity index (χ0v) is 16.9. The van der Waals surface area contributed by atoms with Gasteiger partial charge in [0.25, 0.3) is 0 Å². The highest BCUT2D eigenvalue weighted by atomic mass is 35.5. The molecule has 4 N–H and O–H groups in total. The van der Waals surface area contributed by atoms with Crippen molar-refractivity contribution in [1.29, 1.82) is 0 Å². The molecule has 3 aromatic rings. The molecule has 1 aliphatic rings. The van der Waals surface area contributed by atoms with E-state index in [4.69, 9.17) is 17.3 Å². The number of rotatable bonds is 6. The van der Waals surface area contributed by atoms with Crippen molar-refractivity contribution in [3.05, 3.63) is 65.4 Å². The summed E-state index contributed by atoms with van der Waals surface area (Å²) >= 11 is 6.41. The second kappa shape index (κ2) is 9.20. The number of nitrogens with zero attached hydrogens (tertiary/aromatic N) is 3. The van der Waals surface area contributed by atoms with Crippen LogP contribution in [0.15, 0.2) is 54.9 Å². The van der Waals surface area contributed by atoms with Gasteiger partial charge < -0.3 is 16.4 Å². The topological polar surface area (TPSA) is 88.8 Å². The summed E-state index contributed by atoms with van der Waals surface area (Å²) in [6.07, 6.45) is 7.53. The summed E-state index contributed by atoms with van der Waals surface area (Å²) in [5, 5.41) is 7.30. The van der Waals surface area contributed by atoms with Crippen molar-refractivity contribution in [2.45, 2.75) is 44.3 Å². The number of nitrogens with one attached hydrogen (secondary N) is 2. The normalized spacial score (nSPS) is 19.0. The lowest BCUT2D eigenvalue weighted by Crippen LogP contribution is -2.33. The monoisotopic (exact) mass is 408 g/mol. The summed E-state index contributed by atoms with van der Waals surface area (Å²) in [5.74, 6) is 1.37. The third kappa shape index (κ3) is 5.22. The third-order valence-corrected chi connectivity index (χ3v) is 5.48. The second-order valence-electron chi connectivity index (χ2n) is 7.42. The Bertz CT molecular complexity index is 941. The molecule has 150 valence electrons. The van der Waals surface area contributed by atoms with E-state index in [2.05, 4.69) is 37.7 Å². The maximum absolute atomic E-state index is 6.41. The van der Waals surface area contributed by atoms with E-state index in [1.54, 1.807) is 12.4 Å². The Morgan fingerprint density at radius 1 is 1.03 bits per heavy atom. The Morgan fingerprint density at radius 3 is 2.62 bits per heavy atom. The van der Waals surface area contributed by atoms with Gasteiger partial charge in [-0.25, -0.2) is 15.0 Å². The molecule has 0 unspecified atom stereocenters. The molecule has 0 saturated heterocycles. The predicted octanol–water partition coefficient (Wildman–Crippen LogP) is 4.49. The number of benzene rings is 1. The van der Waals surface area contributed by atoms with Gasteiger partial charge in [-0.05, 0) is 43.4 Å². The predicted molar refractivity (Wildman–Crippen MR) is 118 cm³/mol. The van der Waals surface area contributed by atoms with Crippen LogP contribution in [0.25, 0.3) is 11.3 Å². The van der Waals surface area contributed by atoms with E-state index in [-0.39, 0.29) is 0 Å². The van der Waals surface area contributed by atoms with Gasteiger partial charge in [-0.2, -0.15) is 0 Å². The Labute approximate surface area is 175 Å². The van der Waals surface area contributed by atoms with E-state index in [1.165, 1.54) is 5.56 Å². The van der Waals surface area contributed by atoms with Gasteiger partial charge in [-0.1, -0.05) is 41.9 Å². The molecule has 0 atom stereocenters. The van der Waals surface area contributed by atoms with Crippen LogP contribution in [0.3, 0.4) is 0 Å². The Balaban J connectivity index is 1.48. The largest absolute Gasteiger partial charge is 0.366 e. The molecule has 0 amide bonds. The van der Waals surface area contributed by atoms with E-state index in [0.717, 1.165) is 37.1 Å². The van der Waals surface area contributed by atoms with Crippen LogP contribution in [-0.2, 0) is 6.54 Å². The van der Waals surface area contributed by atoms with Gasteiger partial charge in [0.2, 0.25) is 5.95 Å². The zero-order chi connectivity index (χ0) is 20.1. The summed E-state index contributed by atoms with van der Waals surface area (Å²) in [5.41, 5.74) is 8.79. The lowest BCUT2D eigenvalue weighted by atomic mass is 9.92. The van der Waals surface area contributed by atoms with Crippen molar-refractivity contribution in [2.24, 2.45) is 5.73 Å². The van der Waals surface area contributed by atoms with Gasteiger partial charge in [0.15, 0.2) is 0 Å². The van der Waals surface area contributed by atoms with Crippen molar-refractivity contribution in [1.82, 2.24) is 15.0 Å². The minimum Gasteiger partial charge on any atom is -0.366 e. The fraction of sp³-hybridized carbons (Fsp3) is 0.318. The molecule has 0 aliphatic heterocycles. The fourth-order valence-corrected chi connectivity index (χ4v) is 3.75. The summed E-state index contributed by atoms with van der Waals surface area (Å²) in [6.45, 7) is 0.700. The first kappa shape index (κ1) is 19.6. The van der Waals surface area contributed by atoms with Crippen LogP contribution in [-0.4, -0.2) is 27.0 Å². The van der Waals surface area contributed by atoms with E-state index < -0.39 is 0 Å². The maximum Gasteiger partial charge on any atom is 0.223 e. The molecule has 1 aliphatic carbocycles. The van der Waals surface area contributed by atoms with Gasteiger partial charge in [0.05, 0.1) is 16.9 Å². The van der Waals surface area contributed by atoms with Crippen molar-refractivity contribution >= 4 is 23.4 Å². The highest BCUT2D eigenvalue weighted by Crippen LogP contribution is 2.28. The van der Waals surface area contributed by atoms with Crippen LogP contribution in [0.2, 0.25) is 5.02 Å². The minimum atomic E-state index is 0.313. The molecule has 0 radical (unpaired) electrons. The van der Waals surface area contributed by atoms with Gasteiger partial charge in [-0.3, -0.25) is 0 Å². The second-order valence-corrected chi connectivity index (χ2v) is 7.82. The average molecular weight is 409 g/mol. The Hall–Kier alpha value is -2.70. The number of anilines is 2.